The second-order valence-electron chi connectivity index (χ2n) is 5.41. The van der Waals surface area contributed by atoms with Gasteiger partial charge in [-0.1, -0.05) is 0 Å². The van der Waals surface area contributed by atoms with Gasteiger partial charge in [0.2, 0.25) is 5.91 Å². The van der Waals surface area contributed by atoms with Crippen molar-refractivity contribution in [3.8, 4) is 0 Å². The van der Waals surface area contributed by atoms with Crippen molar-refractivity contribution in [3.63, 3.8) is 0 Å². The molecule has 0 aliphatic carbocycles. The maximum Gasteiger partial charge on any atom is 0.259 e. The van der Waals surface area contributed by atoms with Gasteiger partial charge >= 0.3 is 0 Å². The molecule has 0 saturated carbocycles. The number of benzene rings is 1. The molecule has 126 valence electrons. The predicted molar refractivity (Wildman–Crippen MR) is 77.0 cm³/mol. The van der Waals surface area contributed by atoms with Crippen molar-refractivity contribution in [1.82, 2.24) is 10.2 Å². The lowest BCUT2D eigenvalue weighted by molar-refractivity contribution is -0.126. The van der Waals surface area contributed by atoms with Crippen molar-refractivity contribution >= 4 is 11.8 Å². The Labute approximate surface area is 131 Å². The molecule has 1 aliphatic heterocycles. The first-order valence-electron chi connectivity index (χ1n) is 7.35. The largest absolute Gasteiger partial charge is 0.355 e. The molecular weight excluding hydrogens is 311 g/mol. The van der Waals surface area contributed by atoms with Crippen LogP contribution in [-0.2, 0) is 4.79 Å². The summed E-state index contributed by atoms with van der Waals surface area (Å²) >= 11 is 0. The van der Waals surface area contributed by atoms with Gasteiger partial charge in [-0.05, 0) is 12.8 Å². The number of amides is 2. The minimum absolute atomic E-state index is 0.0610. The van der Waals surface area contributed by atoms with Crippen LogP contribution in [-0.4, -0.2) is 42.9 Å². The van der Waals surface area contributed by atoms with Crippen molar-refractivity contribution in [1.29, 1.82) is 0 Å². The van der Waals surface area contributed by atoms with E-state index in [1.165, 1.54) is 4.90 Å². The Morgan fingerprint density at radius 1 is 1.26 bits per heavy atom. The van der Waals surface area contributed by atoms with Crippen molar-refractivity contribution in [2.45, 2.75) is 12.8 Å². The van der Waals surface area contributed by atoms with E-state index in [-0.39, 0.29) is 19.0 Å². The fourth-order valence-electron chi connectivity index (χ4n) is 2.62. The number of halogens is 3. The summed E-state index contributed by atoms with van der Waals surface area (Å²) in [6, 6.07) is 0.928. The molecule has 2 amide bonds. The fraction of sp³-hybridized carbons (Fsp3) is 0.467. The molecule has 1 fully saturated rings. The lowest BCUT2D eigenvalue weighted by atomic mass is 9.96. The van der Waals surface area contributed by atoms with Crippen LogP contribution in [0.4, 0.5) is 13.2 Å². The Hall–Kier alpha value is -2.09. The van der Waals surface area contributed by atoms with Gasteiger partial charge in [0.15, 0.2) is 0 Å². The van der Waals surface area contributed by atoms with Gasteiger partial charge < -0.3 is 16.0 Å². The van der Waals surface area contributed by atoms with Crippen LogP contribution in [0.1, 0.15) is 23.2 Å². The van der Waals surface area contributed by atoms with Crippen LogP contribution >= 0.6 is 0 Å². The van der Waals surface area contributed by atoms with E-state index in [9.17, 15) is 22.8 Å². The number of carbonyl (C=O) groups is 2. The highest BCUT2D eigenvalue weighted by atomic mass is 19.1. The van der Waals surface area contributed by atoms with E-state index in [1.807, 2.05) is 0 Å². The zero-order valence-electron chi connectivity index (χ0n) is 12.4. The summed E-state index contributed by atoms with van der Waals surface area (Å²) in [5.74, 6) is -5.16. The first-order chi connectivity index (χ1) is 10.9. The van der Waals surface area contributed by atoms with Crippen LogP contribution in [0.25, 0.3) is 0 Å². The second kappa shape index (κ2) is 7.45. The van der Waals surface area contributed by atoms with Crippen molar-refractivity contribution < 1.29 is 22.8 Å². The van der Waals surface area contributed by atoms with Crippen molar-refractivity contribution in [3.05, 3.63) is 35.1 Å². The summed E-state index contributed by atoms with van der Waals surface area (Å²) in [5, 5.41) is 2.63. The third-order valence-electron chi connectivity index (χ3n) is 3.74. The van der Waals surface area contributed by atoms with E-state index < -0.39 is 34.8 Å². The highest BCUT2D eigenvalue weighted by molar-refractivity contribution is 5.95. The molecule has 1 aromatic rings. The number of nitrogens with two attached hydrogens (primary N) is 1. The molecule has 1 saturated heterocycles. The number of hydrogen-bond acceptors (Lipinski definition) is 3. The molecule has 23 heavy (non-hydrogen) atoms. The number of hydrogen-bond donors (Lipinski definition) is 2. The van der Waals surface area contributed by atoms with E-state index >= 15 is 0 Å². The monoisotopic (exact) mass is 329 g/mol. The Bertz CT molecular complexity index is 587. The Balaban J connectivity index is 2.12. The molecule has 1 aliphatic rings. The molecule has 3 N–H and O–H groups in total. The average Bonchev–Trinajstić information content (AvgIpc) is 2.51. The van der Waals surface area contributed by atoms with Gasteiger partial charge in [-0.15, -0.1) is 0 Å². The van der Waals surface area contributed by atoms with Gasteiger partial charge in [0.05, 0.1) is 5.92 Å². The maximum absolute atomic E-state index is 13.7. The van der Waals surface area contributed by atoms with E-state index in [2.05, 4.69) is 5.32 Å². The van der Waals surface area contributed by atoms with E-state index in [1.54, 1.807) is 0 Å². The number of nitrogens with zero attached hydrogens (tertiary/aromatic N) is 1. The van der Waals surface area contributed by atoms with E-state index in [0.717, 1.165) is 0 Å². The average molecular weight is 329 g/mol. The highest BCUT2D eigenvalue weighted by Crippen LogP contribution is 2.22. The summed E-state index contributed by atoms with van der Waals surface area (Å²) < 4.78 is 40.4. The van der Waals surface area contributed by atoms with Crippen LogP contribution in [0.15, 0.2) is 12.1 Å². The molecule has 0 radical (unpaired) electrons. The smallest absolute Gasteiger partial charge is 0.259 e. The highest BCUT2D eigenvalue weighted by Gasteiger charge is 2.31. The lowest BCUT2D eigenvalue weighted by Crippen LogP contribution is -2.46. The summed E-state index contributed by atoms with van der Waals surface area (Å²) in [5.41, 5.74) is 4.51. The van der Waals surface area contributed by atoms with Crippen LogP contribution < -0.4 is 11.1 Å². The third kappa shape index (κ3) is 4.01. The van der Waals surface area contributed by atoms with Gasteiger partial charge in [-0.25, -0.2) is 13.2 Å². The van der Waals surface area contributed by atoms with E-state index in [0.29, 0.717) is 38.1 Å². The molecule has 1 aromatic carbocycles. The molecule has 2 rings (SSSR count). The summed E-state index contributed by atoms with van der Waals surface area (Å²) in [4.78, 5) is 25.5. The van der Waals surface area contributed by atoms with Gasteiger partial charge in [-0.2, -0.15) is 0 Å². The quantitative estimate of drug-likeness (QED) is 0.866. The molecular formula is C15H18F3N3O2. The summed E-state index contributed by atoms with van der Waals surface area (Å²) in [7, 11) is 0. The van der Waals surface area contributed by atoms with Crippen molar-refractivity contribution in [2.75, 3.05) is 26.2 Å². The van der Waals surface area contributed by atoms with Crippen LogP contribution in [0.2, 0.25) is 0 Å². The van der Waals surface area contributed by atoms with Crippen LogP contribution in [0.3, 0.4) is 0 Å². The summed E-state index contributed by atoms with van der Waals surface area (Å²) in [6.45, 7) is 0.971. The topological polar surface area (TPSA) is 75.4 Å². The molecule has 5 nitrogen and oxygen atoms in total. The first-order valence-corrected chi connectivity index (χ1v) is 7.35. The normalized spacial score (nSPS) is 17.9. The van der Waals surface area contributed by atoms with Crippen molar-refractivity contribution in [2.24, 2.45) is 11.7 Å². The number of piperidine rings is 1. The third-order valence-corrected chi connectivity index (χ3v) is 3.74. The molecule has 0 bridgehead atoms. The number of likely N-dealkylation sites (tertiary alicyclic amines) is 1. The van der Waals surface area contributed by atoms with Crippen LogP contribution in [0.5, 0.6) is 0 Å². The fourth-order valence-corrected chi connectivity index (χ4v) is 2.62. The second-order valence-corrected chi connectivity index (χ2v) is 5.41. The minimum Gasteiger partial charge on any atom is -0.355 e. The Morgan fingerprint density at radius 2 is 1.91 bits per heavy atom. The summed E-state index contributed by atoms with van der Waals surface area (Å²) in [6.07, 6.45) is 1.12. The Kier molecular flexibility index (Phi) is 5.59. The molecule has 1 unspecified atom stereocenters. The number of carbonyl (C=O) groups excluding carboxylic acids is 2. The first kappa shape index (κ1) is 17.3. The molecule has 1 heterocycles. The van der Waals surface area contributed by atoms with Gasteiger partial charge in [0.25, 0.3) is 5.91 Å². The molecule has 0 aromatic heterocycles. The molecule has 8 heteroatoms. The van der Waals surface area contributed by atoms with Gasteiger partial charge in [0, 0.05) is 38.3 Å². The SMILES string of the molecule is NCCNC(=O)C1CCCN(C(=O)c2c(F)cc(F)cc2F)C1. The minimum atomic E-state index is -1.25. The number of rotatable bonds is 4. The van der Waals surface area contributed by atoms with Crippen LogP contribution in [0, 0.1) is 23.4 Å². The van der Waals surface area contributed by atoms with E-state index in [4.69, 9.17) is 5.73 Å². The number of nitrogens with one attached hydrogen (secondary N) is 1. The Morgan fingerprint density at radius 3 is 2.52 bits per heavy atom. The zero-order valence-corrected chi connectivity index (χ0v) is 12.4. The van der Waals surface area contributed by atoms with Gasteiger partial charge in [0.1, 0.15) is 23.0 Å². The lowest BCUT2D eigenvalue weighted by Gasteiger charge is -2.32. The zero-order chi connectivity index (χ0) is 17.0. The molecule has 0 spiro atoms. The predicted octanol–water partition coefficient (Wildman–Crippen LogP) is 1.03. The van der Waals surface area contributed by atoms with Gasteiger partial charge in [-0.3, -0.25) is 9.59 Å². The standard InChI is InChI=1S/C15H18F3N3O2/c16-10-6-11(17)13(12(18)7-10)15(23)21-5-1-2-9(8-21)14(22)20-4-3-19/h6-7,9H,1-5,8,19H2,(H,20,22). The molecule has 1 atom stereocenters. The maximum atomic E-state index is 13.7.